The van der Waals surface area contributed by atoms with Crippen LogP contribution < -0.4 is 4.74 Å². The lowest BCUT2D eigenvalue weighted by molar-refractivity contribution is 0.234. The Morgan fingerprint density at radius 1 is 0.700 bits per heavy atom. The van der Waals surface area contributed by atoms with Crippen LogP contribution in [-0.4, -0.2) is 19.3 Å². The Morgan fingerprint density at radius 3 is 1.70 bits per heavy atom. The summed E-state index contributed by atoms with van der Waals surface area (Å²) in [6, 6.07) is 8.54. The predicted molar refractivity (Wildman–Crippen MR) is 128 cm³/mol. The molecule has 1 heterocycles. The zero-order valence-electron chi connectivity index (χ0n) is 21.4. The summed E-state index contributed by atoms with van der Waals surface area (Å²) in [5, 5.41) is 0. The van der Waals surface area contributed by atoms with Crippen LogP contribution >= 0.6 is 0 Å². The fourth-order valence-corrected chi connectivity index (χ4v) is 4.99. The molecule has 0 spiro atoms. The first-order valence-corrected chi connectivity index (χ1v) is 12.6. The maximum absolute atomic E-state index is 15.1. The molecule has 2 nitrogen and oxygen atoms in total. The van der Waals surface area contributed by atoms with Crippen LogP contribution in [0.5, 0.6) is 5.75 Å². The number of halogens is 9. The second-order valence-electron chi connectivity index (χ2n) is 9.83. The summed E-state index contributed by atoms with van der Waals surface area (Å²) in [6.45, 7) is 2.79. The second kappa shape index (κ2) is 12.1. The Balaban J connectivity index is 1.76. The van der Waals surface area contributed by atoms with E-state index < -0.39 is 99.5 Å². The molecule has 4 atom stereocenters. The molecular formula is C29H25F9O2. The minimum absolute atomic E-state index is 0.194. The molecule has 0 aromatic heterocycles. The van der Waals surface area contributed by atoms with Crippen molar-refractivity contribution in [1.29, 1.82) is 0 Å². The average molecular weight is 576 g/mol. The van der Waals surface area contributed by atoms with Crippen LogP contribution in [0.2, 0.25) is 0 Å². The van der Waals surface area contributed by atoms with Gasteiger partial charge in [-0.15, -0.1) is 0 Å². The molecule has 0 saturated carbocycles. The number of benzene rings is 3. The van der Waals surface area contributed by atoms with Gasteiger partial charge in [-0.05, 0) is 42.6 Å². The highest BCUT2D eigenvalue weighted by atomic mass is 19.2. The molecule has 0 N–H and O–H groups in total. The molecule has 1 aliphatic heterocycles. The Labute approximate surface area is 224 Å². The van der Waals surface area contributed by atoms with Crippen LogP contribution in [0, 0.1) is 52.4 Å². The topological polar surface area (TPSA) is 21.8 Å². The van der Waals surface area contributed by atoms with E-state index in [-0.39, 0.29) is 19.6 Å². The highest BCUT2D eigenvalue weighted by Gasteiger charge is 2.36. The SMILES string of the molecule is CCC(CC(CC(C)c1c(F)c(F)c(OCC2CO2)c(F)c1F)c1c(F)c(F)c(F)c(F)c1F)c1ccccc1. The van der Waals surface area contributed by atoms with E-state index in [2.05, 4.69) is 0 Å². The van der Waals surface area contributed by atoms with Crippen molar-refractivity contribution >= 4 is 0 Å². The van der Waals surface area contributed by atoms with Crippen molar-refractivity contribution < 1.29 is 49.0 Å². The van der Waals surface area contributed by atoms with Gasteiger partial charge in [0.2, 0.25) is 17.5 Å². The lowest BCUT2D eigenvalue weighted by Gasteiger charge is -2.28. The van der Waals surface area contributed by atoms with Crippen molar-refractivity contribution in [3.63, 3.8) is 0 Å². The van der Waals surface area contributed by atoms with Gasteiger partial charge >= 0.3 is 0 Å². The molecule has 0 bridgehead atoms. The maximum Gasteiger partial charge on any atom is 0.204 e. The zero-order chi connectivity index (χ0) is 29.3. The van der Waals surface area contributed by atoms with E-state index in [1.165, 1.54) is 0 Å². The summed E-state index contributed by atoms with van der Waals surface area (Å²) in [5.41, 5.74) is -1.54. The van der Waals surface area contributed by atoms with Gasteiger partial charge in [-0.25, -0.2) is 30.7 Å². The lowest BCUT2D eigenvalue weighted by atomic mass is 9.77. The Hall–Kier alpha value is -3.21. The smallest absolute Gasteiger partial charge is 0.204 e. The summed E-state index contributed by atoms with van der Waals surface area (Å²) in [4.78, 5) is 0. The van der Waals surface area contributed by atoms with Crippen molar-refractivity contribution in [3.05, 3.63) is 99.4 Å². The molecular weight excluding hydrogens is 551 g/mol. The first-order chi connectivity index (χ1) is 19.0. The minimum atomic E-state index is -2.35. The van der Waals surface area contributed by atoms with Crippen molar-refractivity contribution in [2.75, 3.05) is 13.2 Å². The van der Waals surface area contributed by atoms with Gasteiger partial charge in [0.05, 0.1) is 6.61 Å². The van der Waals surface area contributed by atoms with Gasteiger partial charge in [-0.3, -0.25) is 0 Å². The largest absolute Gasteiger partial charge is 0.485 e. The summed E-state index contributed by atoms with van der Waals surface area (Å²) in [5.74, 6) is -22.8. The Kier molecular flexibility index (Phi) is 9.02. The van der Waals surface area contributed by atoms with Crippen molar-refractivity contribution in [3.8, 4) is 5.75 Å². The zero-order valence-corrected chi connectivity index (χ0v) is 21.4. The summed E-state index contributed by atoms with van der Waals surface area (Å²) < 4.78 is 141. The van der Waals surface area contributed by atoms with Gasteiger partial charge in [0.25, 0.3) is 0 Å². The monoisotopic (exact) mass is 576 g/mol. The van der Waals surface area contributed by atoms with Crippen molar-refractivity contribution in [1.82, 2.24) is 0 Å². The Bertz CT molecular complexity index is 1320. The van der Waals surface area contributed by atoms with Gasteiger partial charge in [0.15, 0.2) is 40.7 Å². The molecule has 216 valence electrons. The average Bonchev–Trinajstić information content (AvgIpc) is 3.77. The molecule has 0 amide bonds. The van der Waals surface area contributed by atoms with Crippen LogP contribution in [0.3, 0.4) is 0 Å². The quantitative estimate of drug-likeness (QED) is 0.0988. The van der Waals surface area contributed by atoms with Crippen LogP contribution in [0.4, 0.5) is 39.5 Å². The van der Waals surface area contributed by atoms with Crippen LogP contribution in [0.25, 0.3) is 0 Å². The number of epoxide rings is 1. The molecule has 4 rings (SSSR count). The molecule has 0 radical (unpaired) electrons. The van der Waals surface area contributed by atoms with Crippen molar-refractivity contribution in [2.24, 2.45) is 0 Å². The van der Waals surface area contributed by atoms with E-state index in [9.17, 15) is 30.7 Å². The first-order valence-electron chi connectivity index (χ1n) is 12.6. The normalized spacial score (nSPS) is 17.0. The van der Waals surface area contributed by atoms with Gasteiger partial charge in [-0.1, -0.05) is 44.2 Å². The van der Waals surface area contributed by atoms with Crippen LogP contribution in [0.1, 0.15) is 67.6 Å². The lowest BCUT2D eigenvalue weighted by Crippen LogP contribution is -2.18. The van der Waals surface area contributed by atoms with E-state index in [1.54, 1.807) is 37.3 Å². The summed E-state index contributed by atoms with van der Waals surface area (Å²) >= 11 is 0. The van der Waals surface area contributed by atoms with Crippen LogP contribution in [0.15, 0.2) is 30.3 Å². The highest BCUT2D eigenvalue weighted by Crippen LogP contribution is 2.44. The molecule has 0 aliphatic carbocycles. The van der Waals surface area contributed by atoms with Crippen molar-refractivity contribution in [2.45, 2.75) is 57.0 Å². The number of hydrogen-bond donors (Lipinski definition) is 0. The fraction of sp³-hybridized carbons (Fsp3) is 0.379. The van der Waals surface area contributed by atoms with E-state index in [0.717, 1.165) is 6.92 Å². The maximum atomic E-state index is 15.1. The second-order valence-corrected chi connectivity index (χ2v) is 9.83. The van der Waals surface area contributed by atoms with Gasteiger partial charge in [-0.2, -0.15) is 8.78 Å². The third-order valence-electron chi connectivity index (χ3n) is 7.19. The van der Waals surface area contributed by atoms with E-state index in [1.807, 2.05) is 0 Å². The highest BCUT2D eigenvalue weighted by molar-refractivity contribution is 5.37. The number of rotatable bonds is 11. The van der Waals surface area contributed by atoms with Gasteiger partial charge < -0.3 is 9.47 Å². The van der Waals surface area contributed by atoms with Crippen LogP contribution in [-0.2, 0) is 4.74 Å². The first kappa shape index (κ1) is 29.8. The minimum Gasteiger partial charge on any atom is -0.485 e. The Morgan fingerprint density at radius 2 is 1.20 bits per heavy atom. The number of hydrogen-bond acceptors (Lipinski definition) is 2. The van der Waals surface area contributed by atoms with Gasteiger partial charge in [0, 0.05) is 11.1 Å². The predicted octanol–water partition coefficient (Wildman–Crippen LogP) is 8.58. The van der Waals surface area contributed by atoms with E-state index >= 15 is 8.78 Å². The molecule has 11 heteroatoms. The molecule has 1 saturated heterocycles. The molecule has 3 aromatic carbocycles. The van der Waals surface area contributed by atoms with Gasteiger partial charge in [0.1, 0.15) is 12.7 Å². The van der Waals surface area contributed by atoms with E-state index in [0.29, 0.717) is 12.0 Å². The molecule has 40 heavy (non-hydrogen) atoms. The molecule has 1 aliphatic rings. The van der Waals surface area contributed by atoms with E-state index in [4.69, 9.17) is 9.47 Å². The fourth-order valence-electron chi connectivity index (χ4n) is 4.99. The third-order valence-corrected chi connectivity index (χ3v) is 7.19. The summed E-state index contributed by atoms with van der Waals surface area (Å²) in [6.07, 6.45) is -0.890. The molecule has 1 fully saturated rings. The summed E-state index contributed by atoms with van der Waals surface area (Å²) in [7, 11) is 0. The molecule has 3 aromatic rings. The standard InChI is InChI=1S/C29H25F9O2/c1-3-14(15-7-5-4-6-8-15)10-16(19-22(32)24(34)26(36)25(35)23(19)33)9-13(2)18-20(30)27(37)29(28(38)21(18)31)40-12-17-11-39-17/h4-8,13-14,16-17H,3,9-12H2,1-2H3. The number of ether oxygens (including phenoxy) is 2. The third kappa shape index (κ3) is 5.80. The molecule has 4 unspecified atom stereocenters.